The first-order valence-corrected chi connectivity index (χ1v) is 12.2. The van der Waals surface area contributed by atoms with E-state index in [9.17, 15) is 14.7 Å². The molecule has 172 valence electrons. The van der Waals surface area contributed by atoms with Crippen molar-refractivity contribution in [2.75, 3.05) is 32.8 Å². The van der Waals surface area contributed by atoms with Gasteiger partial charge < -0.3 is 19.6 Å². The summed E-state index contributed by atoms with van der Waals surface area (Å²) in [6, 6.07) is 10.4. The second-order valence-electron chi connectivity index (χ2n) is 7.77. The lowest BCUT2D eigenvalue weighted by Crippen LogP contribution is -2.38. The minimum atomic E-state index is -0.627. The number of likely N-dealkylation sites (N-methyl/N-ethyl adjacent to an activating group) is 1. The summed E-state index contributed by atoms with van der Waals surface area (Å²) in [5.74, 6) is -0.494. The summed E-state index contributed by atoms with van der Waals surface area (Å²) in [7, 11) is 0. The van der Waals surface area contributed by atoms with E-state index < -0.39 is 17.7 Å². The monoisotopic (exact) mass is 456 g/mol. The number of amides is 1. The van der Waals surface area contributed by atoms with Gasteiger partial charge in [0.25, 0.3) is 5.91 Å². The van der Waals surface area contributed by atoms with E-state index in [2.05, 4.69) is 25.7 Å². The summed E-state index contributed by atoms with van der Waals surface area (Å²) in [5.41, 5.74) is 0.932. The molecule has 0 fully saturated rings. The van der Waals surface area contributed by atoms with Gasteiger partial charge in [0, 0.05) is 13.1 Å². The number of unbranched alkanes of at least 4 members (excludes halogenated alkanes) is 1. The lowest BCUT2D eigenvalue weighted by molar-refractivity contribution is -0.129. The fourth-order valence-corrected chi connectivity index (χ4v) is 4.55. The highest BCUT2D eigenvalue weighted by molar-refractivity contribution is 7.12. The van der Waals surface area contributed by atoms with Crippen LogP contribution in [0.5, 0.6) is 5.75 Å². The fourth-order valence-electron chi connectivity index (χ4n) is 3.87. The molecule has 0 aliphatic carbocycles. The van der Waals surface area contributed by atoms with E-state index in [1.165, 1.54) is 11.3 Å². The zero-order valence-electron chi connectivity index (χ0n) is 19.0. The first-order valence-electron chi connectivity index (χ1n) is 11.3. The zero-order valence-corrected chi connectivity index (χ0v) is 19.9. The van der Waals surface area contributed by atoms with E-state index in [1.54, 1.807) is 17.0 Å². The van der Waals surface area contributed by atoms with Crippen LogP contribution < -0.4 is 4.74 Å². The third-order valence-corrected chi connectivity index (χ3v) is 6.68. The standard InChI is InChI=1S/C25H32N2O4S/c1-4-7-16-31-19-12-10-18(11-13-19)22-21(23(28)20-9-8-17-32-20)24(29)25(30)27(22)15-14-26(5-2)6-3/h8-13,17,22,29H,4-7,14-16H2,1-3H3. The number of Topliss-reactive ketones (excluding diaryl/α,β-unsaturated/α-hetero) is 1. The minimum Gasteiger partial charge on any atom is -0.503 e. The number of ketones is 1. The Kier molecular flexibility index (Phi) is 8.47. The highest BCUT2D eigenvalue weighted by Gasteiger charge is 2.43. The third-order valence-electron chi connectivity index (χ3n) is 5.81. The molecule has 1 amide bonds. The molecule has 1 N–H and O–H groups in total. The molecular formula is C25H32N2O4S. The Morgan fingerprint density at radius 3 is 2.47 bits per heavy atom. The number of carbonyl (C=O) groups is 2. The Labute approximate surface area is 194 Å². The van der Waals surface area contributed by atoms with Crippen molar-refractivity contribution in [1.29, 1.82) is 0 Å². The lowest BCUT2D eigenvalue weighted by atomic mass is 9.95. The summed E-state index contributed by atoms with van der Waals surface area (Å²) in [6.45, 7) is 9.74. The summed E-state index contributed by atoms with van der Waals surface area (Å²) < 4.78 is 5.76. The van der Waals surface area contributed by atoms with Crippen molar-refractivity contribution in [2.24, 2.45) is 0 Å². The molecule has 1 atom stereocenters. The topological polar surface area (TPSA) is 70.1 Å². The molecule has 6 nitrogen and oxygen atoms in total. The predicted octanol–water partition coefficient (Wildman–Crippen LogP) is 4.85. The van der Waals surface area contributed by atoms with Gasteiger partial charge in [0.15, 0.2) is 5.76 Å². The van der Waals surface area contributed by atoms with Gasteiger partial charge in [-0.15, -0.1) is 11.3 Å². The number of hydrogen-bond acceptors (Lipinski definition) is 6. The molecule has 0 radical (unpaired) electrons. The average molecular weight is 457 g/mol. The van der Waals surface area contributed by atoms with E-state index in [0.717, 1.165) is 37.2 Å². The molecule has 2 aromatic rings. The van der Waals surface area contributed by atoms with Crippen molar-refractivity contribution >= 4 is 23.0 Å². The van der Waals surface area contributed by atoms with E-state index in [0.29, 0.717) is 24.6 Å². The van der Waals surface area contributed by atoms with Gasteiger partial charge in [0.2, 0.25) is 5.78 Å². The SMILES string of the molecule is CCCCOc1ccc(C2C(C(=O)c3cccs3)=C(O)C(=O)N2CCN(CC)CC)cc1. The maximum atomic E-state index is 13.3. The van der Waals surface area contributed by atoms with Crippen LogP contribution in [0, 0.1) is 0 Å². The number of nitrogens with zero attached hydrogens (tertiary/aromatic N) is 2. The van der Waals surface area contributed by atoms with Gasteiger partial charge in [0.05, 0.1) is 23.1 Å². The van der Waals surface area contributed by atoms with Crippen LogP contribution in [0.25, 0.3) is 0 Å². The number of rotatable bonds is 12. The molecule has 7 heteroatoms. The molecule has 1 aliphatic heterocycles. The zero-order chi connectivity index (χ0) is 23.1. The minimum absolute atomic E-state index is 0.150. The Bertz CT molecular complexity index is 933. The molecule has 1 aliphatic rings. The number of benzene rings is 1. The Morgan fingerprint density at radius 1 is 1.16 bits per heavy atom. The number of ether oxygens (including phenoxy) is 1. The highest BCUT2D eigenvalue weighted by Crippen LogP contribution is 2.39. The molecule has 2 heterocycles. The van der Waals surface area contributed by atoms with E-state index in [4.69, 9.17) is 4.74 Å². The summed E-state index contributed by atoms with van der Waals surface area (Å²) >= 11 is 1.31. The Hall–Kier alpha value is -2.64. The van der Waals surface area contributed by atoms with Gasteiger partial charge >= 0.3 is 0 Å². The van der Waals surface area contributed by atoms with Crippen LogP contribution in [-0.2, 0) is 4.79 Å². The first kappa shape index (κ1) is 24.0. The molecule has 1 aromatic heterocycles. The van der Waals surface area contributed by atoms with Crippen LogP contribution in [0.15, 0.2) is 53.1 Å². The van der Waals surface area contributed by atoms with Crippen molar-refractivity contribution in [3.05, 3.63) is 63.6 Å². The second-order valence-corrected chi connectivity index (χ2v) is 8.72. The summed E-state index contributed by atoms with van der Waals surface area (Å²) in [6.07, 6.45) is 2.04. The molecule has 0 bridgehead atoms. The molecular weight excluding hydrogens is 424 g/mol. The Morgan fingerprint density at radius 2 is 1.88 bits per heavy atom. The third kappa shape index (κ3) is 5.22. The average Bonchev–Trinajstić information content (AvgIpc) is 3.43. The van der Waals surface area contributed by atoms with Crippen molar-refractivity contribution in [3.63, 3.8) is 0 Å². The van der Waals surface area contributed by atoms with Crippen LogP contribution >= 0.6 is 11.3 Å². The number of aliphatic hydroxyl groups is 1. The van der Waals surface area contributed by atoms with Gasteiger partial charge in [-0.05, 0) is 48.7 Å². The number of thiophene rings is 1. The highest BCUT2D eigenvalue weighted by atomic mass is 32.1. The number of hydrogen-bond donors (Lipinski definition) is 1. The van der Waals surface area contributed by atoms with Crippen molar-refractivity contribution in [1.82, 2.24) is 9.80 Å². The second kappa shape index (κ2) is 11.3. The maximum Gasteiger partial charge on any atom is 0.290 e. The van der Waals surface area contributed by atoms with Gasteiger partial charge in [-0.25, -0.2) is 0 Å². The van der Waals surface area contributed by atoms with Crippen LogP contribution in [0.4, 0.5) is 0 Å². The molecule has 3 rings (SSSR count). The van der Waals surface area contributed by atoms with Crippen molar-refractivity contribution in [3.8, 4) is 5.75 Å². The molecule has 1 aromatic carbocycles. The van der Waals surface area contributed by atoms with Crippen molar-refractivity contribution in [2.45, 2.75) is 39.7 Å². The van der Waals surface area contributed by atoms with E-state index in [1.807, 2.05) is 29.6 Å². The normalized spacial score (nSPS) is 16.3. The molecule has 0 saturated carbocycles. The smallest absolute Gasteiger partial charge is 0.290 e. The maximum absolute atomic E-state index is 13.3. The van der Waals surface area contributed by atoms with Gasteiger partial charge in [-0.2, -0.15) is 0 Å². The molecule has 32 heavy (non-hydrogen) atoms. The quantitative estimate of drug-likeness (QED) is 0.365. The van der Waals surface area contributed by atoms with Crippen LogP contribution in [0.3, 0.4) is 0 Å². The summed E-state index contributed by atoms with van der Waals surface area (Å²) in [5, 5.41) is 12.6. The van der Waals surface area contributed by atoms with Gasteiger partial charge in [0.1, 0.15) is 5.75 Å². The lowest BCUT2D eigenvalue weighted by Gasteiger charge is -2.29. The van der Waals surface area contributed by atoms with Crippen LogP contribution in [-0.4, -0.2) is 59.4 Å². The molecule has 0 saturated heterocycles. The van der Waals surface area contributed by atoms with Crippen LogP contribution in [0.1, 0.15) is 54.9 Å². The summed E-state index contributed by atoms with van der Waals surface area (Å²) in [4.78, 5) is 30.6. The molecule has 0 spiro atoms. The molecule has 1 unspecified atom stereocenters. The predicted molar refractivity (Wildman–Crippen MR) is 127 cm³/mol. The van der Waals surface area contributed by atoms with Crippen molar-refractivity contribution < 1.29 is 19.4 Å². The van der Waals surface area contributed by atoms with Gasteiger partial charge in [-0.1, -0.05) is 45.4 Å². The van der Waals surface area contributed by atoms with E-state index >= 15 is 0 Å². The van der Waals surface area contributed by atoms with E-state index in [-0.39, 0.29) is 11.4 Å². The van der Waals surface area contributed by atoms with Gasteiger partial charge in [-0.3, -0.25) is 9.59 Å². The fraction of sp³-hybridized carbons (Fsp3) is 0.440. The largest absolute Gasteiger partial charge is 0.503 e. The first-order chi connectivity index (χ1) is 15.5. The number of aliphatic hydroxyl groups excluding tert-OH is 1. The van der Waals surface area contributed by atoms with Crippen LogP contribution in [0.2, 0.25) is 0 Å². The number of carbonyl (C=O) groups excluding carboxylic acids is 2. The Balaban J connectivity index is 1.92.